The molecular weight excluding hydrogens is 212 g/mol. The van der Waals surface area contributed by atoms with E-state index in [2.05, 4.69) is 34.3 Å². The lowest BCUT2D eigenvalue weighted by Crippen LogP contribution is -2.21. The predicted molar refractivity (Wildman–Crippen MR) is 69.1 cm³/mol. The monoisotopic (exact) mass is 228 g/mol. The minimum Gasteiger partial charge on any atom is -0.491 e. The van der Waals surface area contributed by atoms with Crippen LogP contribution in [-0.4, -0.2) is 29.6 Å². The summed E-state index contributed by atoms with van der Waals surface area (Å²) in [5.74, 6) is 0.965. The summed E-state index contributed by atoms with van der Waals surface area (Å²) in [6.07, 6.45) is 7.46. The number of rotatable bonds is 4. The number of nitrogens with one attached hydrogen (secondary N) is 1. The van der Waals surface area contributed by atoms with Gasteiger partial charge in [0, 0.05) is 23.6 Å². The highest BCUT2D eigenvalue weighted by Gasteiger charge is 2.05. The average molecular weight is 228 g/mol. The zero-order valence-electron chi connectivity index (χ0n) is 9.73. The smallest absolute Gasteiger partial charge is 0.128 e. The third-order valence-corrected chi connectivity index (χ3v) is 3.09. The summed E-state index contributed by atoms with van der Waals surface area (Å²) < 4.78 is 5.84. The molecule has 0 unspecified atom stereocenters. The van der Waals surface area contributed by atoms with Gasteiger partial charge in [-0.25, -0.2) is 0 Å². The zero-order chi connectivity index (χ0) is 11.5. The summed E-state index contributed by atoms with van der Waals surface area (Å²) >= 11 is 0. The summed E-state index contributed by atoms with van der Waals surface area (Å²) in [5.41, 5.74) is 1.13. The molecule has 0 atom stereocenters. The van der Waals surface area contributed by atoms with Gasteiger partial charge in [0.25, 0.3) is 0 Å². The van der Waals surface area contributed by atoms with Crippen molar-refractivity contribution >= 4 is 10.9 Å². The first kappa shape index (κ1) is 10.3. The van der Waals surface area contributed by atoms with Crippen molar-refractivity contribution in [2.75, 3.05) is 19.7 Å². The molecule has 0 radical (unpaired) electrons. The molecular formula is C14H16N2O. The lowest BCUT2D eigenvalue weighted by Gasteiger charge is -2.15. The maximum Gasteiger partial charge on any atom is 0.128 e. The molecule has 1 aliphatic heterocycles. The summed E-state index contributed by atoms with van der Waals surface area (Å²) in [4.78, 5) is 5.48. The second kappa shape index (κ2) is 4.53. The fourth-order valence-corrected chi connectivity index (χ4v) is 2.18. The van der Waals surface area contributed by atoms with E-state index in [-0.39, 0.29) is 0 Å². The number of ether oxygens (including phenoxy) is 1. The lowest BCUT2D eigenvalue weighted by atomic mass is 10.2. The lowest BCUT2D eigenvalue weighted by molar-refractivity contribution is 0.265. The number of hydrogen-bond donors (Lipinski definition) is 1. The van der Waals surface area contributed by atoms with Gasteiger partial charge in [-0.05, 0) is 30.8 Å². The van der Waals surface area contributed by atoms with Crippen LogP contribution in [0.3, 0.4) is 0 Å². The Morgan fingerprint density at radius 1 is 1.29 bits per heavy atom. The van der Waals surface area contributed by atoms with Gasteiger partial charge in [-0.3, -0.25) is 0 Å². The van der Waals surface area contributed by atoms with Gasteiger partial charge in [0.05, 0.1) is 6.54 Å². The van der Waals surface area contributed by atoms with Crippen LogP contribution in [0.15, 0.2) is 42.7 Å². The molecule has 1 aliphatic rings. The Labute approximate surface area is 101 Å². The molecule has 88 valence electrons. The van der Waals surface area contributed by atoms with Gasteiger partial charge in [-0.2, -0.15) is 0 Å². The van der Waals surface area contributed by atoms with Crippen molar-refractivity contribution in [2.45, 2.75) is 6.42 Å². The Bertz CT molecular complexity index is 530. The van der Waals surface area contributed by atoms with Crippen molar-refractivity contribution < 1.29 is 4.74 Å². The molecule has 0 bridgehead atoms. The Morgan fingerprint density at radius 2 is 2.29 bits per heavy atom. The number of H-pyrrole nitrogens is 1. The number of aromatic amines is 1. The molecule has 0 spiro atoms. The van der Waals surface area contributed by atoms with E-state index in [1.807, 2.05) is 18.3 Å². The summed E-state index contributed by atoms with van der Waals surface area (Å²) in [6.45, 7) is 2.81. The van der Waals surface area contributed by atoms with Crippen LogP contribution in [0.1, 0.15) is 6.42 Å². The minimum atomic E-state index is 0.731. The van der Waals surface area contributed by atoms with Gasteiger partial charge >= 0.3 is 0 Å². The third kappa shape index (κ3) is 2.13. The van der Waals surface area contributed by atoms with Crippen molar-refractivity contribution in [3.05, 3.63) is 42.7 Å². The molecule has 0 saturated carbocycles. The maximum absolute atomic E-state index is 5.84. The van der Waals surface area contributed by atoms with E-state index < -0.39 is 0 Å². The average Bonchev–Trinajstić information content (AvgIpc) is 2.99. The topological polar surface area (TPSA) is 28.3 Å². The summed E-state index contributed by atoms with van der Waals surface area (Å²) in [5, 5.41) is 1.16. The number of nitrogens with zero attached hydrogens (tertiary/aromatic N) is 1. The SMILES string of the molecule is C1=CN(CCOc2cccc3[nH]ccc23)CC1. The first-order chi connectivity index (χ1) is 8.43. The van der Waals surface area contributed by atoms with E-state index in [0.717, 1.165) is 42.8 Å². The van der Waals surface area contributed by atoms with Crippen LogP contribution in [0.2, 0.25) is 0 Å². The normalized spacial score (nSPS) is 14.7. The quantitative estimate of drug-likeness (QED) is 0.871. The van der Waals surface area contributed by atoms with Gasteiger partial charge in [-0.1, -0.05) is 12.1 Å². The second-order valence-corrected chi connectivity index (χ2v) is 4.25. The van der Waals surface area contributed by atoms with Crippen molar-refractivity contribution in [3.8, 4) is 5.75 Å². The molecule has 0 saturated heterocycles. The predicted octanol–water partition coefficient (Wildman–Crippen LogP) is 2.77. The largest absolute Gasteiger partial charge is 0.491 e. The van der Waals surface area contributed by atoms with Crippen molar-refractivity contribution in [1.29, 1.82) is 0 Å². The molecule has 0 amide bonds. The highest BCUT2D eigenvalue weighted by molar-refractivity contribution is 5.85. The van der Waals surface area contributed by atoms with Gasteiger partial charge in [0.15, 0.2) is 0 Å². The van der Waals surface area contributed by atoms with Crippen LogP contribution in [0.25, 0.3) is 10.9 Å². The highest BCUT2D eigenvalue weighted by atomic mass is 16.5. The van der Waals surface area contributed by atoms with Crippen LogP contribution in [0, 0.1) is 0 Å². The van der Waals surface area contributed by atoms with Gasteiger partial charge in [0.1, 0.15) is 12.4 Å². The van der Waals surface area contributed by atoms with Crippen LogP contribution in [0.4, 0.5) is 0 Å². The Morgan fingerprint density at radius 3 is 3.18 bits per heavy atom. The van der Waals surface area contributed by atoms with Crippen LogP contribution in [0.5, 0.6) is 5.75 Å². The number of benzene rings is 1. The molecule has 1 aromatic carbocycles. The van der Waals surface area contributed by atoms with E-state index >= 15 is 0 Å². The summed E-state index contributed by atoms with van der Waals surface area (Å²) in [7, 11) is 0. The fraction of sp³-hybridized carbons (Fsp3) is 0.286. The zero-order valence-corrected chi connectivity index (χ0v) is 9.73. The molecule has 0 fully saturated rings. The van der Waals surface area contributed by atoms with Gasteiger partial charge in [0.2, 0.25) is 0 Å². The fourth-order valence-electron chi connectivity index (χ4n) is 2.18. The maximum atomic E-state index is 5.84. The molecule has 17 heavy (non-hydrogen) atoms. The van der Waals surface area contributed by atoms with E-state index in [0.29, 0.717) is 0 Å². The third-order valence-electron chi connectivity index (χ3n) is 3.09. The molecule has 2 heterocycles. The van der Waals surface area contributed by atoms with E-state index in [4.69, 9.17) is 4.74 Å². The van der Waals surface area contributed by atoms with Crippen molar-refractivity contribution in [3.63, 3.8) is 0 Å². The van der Waals surface area contributed by atoms with Crippen molar-refractivity contribution in [2.24, 2.45) is 0 Å². The number of fused-ring (bicyclic) bond motifs is 1. The molecule has 2 aromatic rings. The molecule has 1 N–H and O–H groups in total. The Balaban J connectivity index is 1.64. The first-order valence-electron chi connectivity index (χ1n) is 6.03. The molecule has 3 heteroatoms. The van der Waals surface area contributed by atoms with Crippen molar-refractivity contribution in [1.82, 2.24) is 9.88 Å². The van der Waals surface area contributed by atoms with Crippen LogP contribution < -0.4 is 4.74 Å². The van der Waals surface area contributed by atoms with Crippen LogP contribution >= 0.6 is 0 Å². The van der Waals surface area contributed by atoms with Crippen LogP contribution in [-0.2, 0) is 0 Å². The van der Waals surface area contributed by atoms with Gasteiger partial charge in [-0.15, -0.1) is 0 Å². The van der Waals surface area contributed by atoms with E-state index in [1.165, 1.54) is 0 Å². The minimum absolute atomic E-state index is 0.731. The van der Waals surface area contributed by atoms with Gasteiger partial charge < -0.3 is 14.6 Å². The number of aromatic nitrogens is 1. The second-order valence-electron chi connectivity index (χ2n) is 4.25. The molecule has 1 aromatic heterocycles. The number of hydrogen-bond acceptors (Lipinski definition) is 2. The Kier molecular flexibility index (Phi) is 2.74. The Hall–Kier alpha value is -1.90. The highest BCUT2D eigenvalue weighted by Crippen LogP contribution is 2.24. The molecule has 3 nitrogen and oxygen atoms in total. The first-order valence-corrected chi connectivity index (χ1v) is 6.03. The van der Waals surface area contributed by atoms with E-state index in [9.17, 15) is 0 Å². The van der Waals surface area contributed by atoms with E-state index in [1.54, 1.807) is 0 Å². The standard InChI is InChI=1S/C14H16N2O/c1-2-9-16(8-1)10-11-17-14-5-3-4-13-12(14)6-7-15-13/h1,3-8,15H,2,9-11H2. The molecule has 3 rings (SSSR count). The summed E-state index contributed by atoms with van der Waals surface area (Å²) in [6, 6.07) is 8.16. The molecule has 0 aliphatic carbocycles.